The molecule has 0 bridgehead atoms. The van der Waals surface area contributed by atoms with E-state index < -0.39 is 0 Å². The lowest BCUT2D eigenvalue weighted by Crippen LogP contribution is -2.52. The summed E-state index contributed by atoms with van der Waals surface area (Å²) < 4.78 is 0. The van der Waals surface area contributed by atoms with Crippen LogP contribution >= 0.6 is 0 Å². The topological polar surface area (TPSA) is 28.2 Å². The molecule has 3 unspecified atom stereocenters. The summed E-state index contributed by atoms with van der Waals surface area (Å²) in [5, 5.41) is 3.66. The number of aromatic nitrogens is 1. The van der Waals surface area contributed by atoms with E-state index in [0.29, 0.717) is 18.1 Å². The molecule has 3 nitrogen and oxygen atoms in total. The molecule has 1 aromatic carbocycles. The Morgan fingerprint density at radius 2 is 2.00 bits per heavy atom. The quantitative estimate of drug-likeness (QED) is 0.936. The van der Waals surface area contributed by atoms with Crippen LogP contribution in [0.2, 0.25) is 0 Å². The van der Waals surface area contributed by atoms with Crippen molar-refractivity contribution < 1.29 is 0 Å². The minimum Gasteiger partial charge on any atom is -0.307 e. The van der Waals surface area contributed by atoms with Gasteiger partial charge < -0.3 is 5.32 Å². The average Bonchev–Trinajstić information content (AvgIpc) is 2.56. The van der Waals surface area contributed by atoms with Gasteiger partial charge in [-0.05, 0) is 31.0 Å². The Morgan fingerprint density at radius 3 is 2.71 bits per heavy atom. The third-order valence-electron chi connectivity index (χ3n) is 4.49. The summed E-state index contributed by atoms with van der Waals surface area (Å²) in [5.41, 5.74) is 2.66. The molecule has 2 heterocycles. The van der Waals surface area contributed by atoms with Crippen molar-refractivity contribution in [2.75, 3.05) is 13.1 Å². The van der Waals surface area contributed by atoms with E-state index in [1.54, 1.807) is 0 Å². The molecule has 3 heteroatoms. The second kappa shape index (κ2) is 6.37. The zero-order chi connectivity index (χ0) is 14.7. The Bertz CT molecular complexity index is 555. The SMILES string of the molecule is CC1CNC(c2ccccc2)CN1C(C)c1cccnc1. The fourth-order valence-electron chi connectivity index (χ4n) is 3.15. The summed E-state index contributed by atoms with van der Waals surface area (Å²) in [5.74, 6) is 0. The first-order chi connectivity index (χ1) is 10.3. The molecule has 3 atom stereocenters. The number of pyridine rings is 1. The van der Waals surface area contributed by atoms with E-state index in [0.717, 1.165) is 13.1 Å². The van der Waals surface area contributed by atoms with E-state index in [2.05, 4.69) is 65.4 Å². The first-order valence-corrected chi connectivity index (χ1v) is 7.69. The Kier molecular flexibility index (Phi) is 4.32. The van der Waals surface area contributed by atoms with Gasteiger partial charge in [-0.25, -0.2) is 0 Å². The summed E-state index contributed by atoms with van der Waals surface area (Å²) in [6.07, 6.45) is 3.82. The highest BCUT2D eigenvalue weighted by Gasteiger charge is 2.29. The zero-order valence-corrected chi connectivity index (χ0v) is 12.7. The smallest absolute Gasteiger partial charge is 0.0450 e. The van der Waals surface area contributed by atoms with E-state index in [-0.39, 0.29) is 0 Å². The van der Waals surface area contributed by atoms with Crippen molar-refractivity contribution in [1.29, 1.82) is 0 Å². The van der Waals surface area contributed by atoms with E-state index in [4.69, 9.17) is 0 Å². The minimum absolute atomic E-state index is 0.391. The van der Waals surface area contributed by atoms with Crippen LogP contribution in [0.15, 0.2) is 54.9 Å². The van der Waals surface area contributed by atoms with Crippen molar-refractivity contribution in [3.8, 4) is 0 Å². The van der Waals surface area contributed by atoms with Crippen molar-refractivity contribution >= 4 is 0 Å². The van der Waals surface area contributed by atoms with Gasteiger partial charge >= 0.3 is 0 Å². The van der Waals surface area contributed by atoms with Crippen LogP contribution in [0, 0.1) is 0 Å². The molecule has 0 spiro atoms. The van der Waals surface area contributed by atoms with Gasteiger partial charge in [-0.1, -0.05) is 36.4 Å². The van der Waals surface area contributed by atoms with Gasteiger partial charge in [0, 0.05) is 43.6 Å². The fourth-order valence-corrected chi connectivity index (χ4v) is 3.15. The second-order valence-electron chi connectivity index (χ2n) is 5.88. The lowest BCUT2D eigenvalue weighted by molar-refractivity contribution is 0.0985. The number of nitrogens with zero attached hydrogens (tertiary/aromatic N) is 2. The normalized spacial score (nSPS) is 24.7. The molecule has 0 saturated carbocycles. The molecule has 1 aromatic heterocycles. The maximum Gasteiger partial charge on any atom is 0.0450 e. The molecule has 21 heavy (non-hydrogen) atoms. The fraction of sp³-hybridized carbons (Fsp3) is 0.389. The van der Waals surface area contributed by atoms with Gasteiger partial charge in [0.05, 0.1) is 0 Å². The standard InChI is InChI=1S/C18H23N3/c1-14-11-20-18(16-7-4-3-5-8-16)13-21(14)15(2)17-9-6-10-19-12-17/h3-10,12,14-15,18,20H,11,13H2,1-2H3. The third-order valence-corrected chi connectivity index (χ3v) is 4.49. The first kappa shape index (κ1) is 14.2. The molecule has 0 radical (unpaired) electrons. The molecular weight excluding hydrogens is 258 g/mol. The Labute approximate surface area is 127 Å². The van der Waals surface area contributed by atoms with Crippen molar-refractivity contribution in [2.24, 2.45) is 0 Å². The molecule has 1 aliphatic rings. The average molecular weight is 281 g/mol. The molecule has 3 rings (SSSR count). The summed E-state index contributed by atoms with van der Waals surface area (Å²) in [6, 6.07) is 16.2. The molecule has 0 aliphatic carbocycles. The molecular formula is C18H23N3. The van der Waals surface area contributed by atoms with Crippen LogP contribution in [-0.4, -0.2) is 29.0 Å². The largest absolute Gasteiger partial charge is 0.307 e. The van der Waals surface area contributed by atoms with Crippen molar-refractivity contribution in [1.82, 2.24) is 15.2 Å². The highest BCUT2D eigenvalue weighted by molar-refractivity contribution is 5.21. The van der Waals surface area contributed by atoms with Gasteiger partial charge in [-0.15, -0.1) is 0 Å². The van der Waals surface area contributed by atoms with Gasteiger partial charge in [0.1, 0.15) is 0 Å². The highest BCUT2D eigenvalue weighted by Crippen LogP contribution is 2.28. The number of rotatable bonds is 3. The van der Waals surface area contributed by atoms with Crippen LogP contribution in [0.25, 0.3) is 0 Å². The van der Waals surface area contributed by atoms with Gasteiger partial charge in [-0.3, -0.25) is 9.88 Å². The molecule has 1 fully saturated rings. The van der Waals surface area contributed by atoms with Crippen LogP contribution in [0.3, 0.4) is 0 Å². The molecule has 2 aromatic rings. The summed E-state index contributed by atoms with van der Waals surface area (Å²) in [6.45, 7) is 6.62. The first-order valence-electron chi connectivity index (χ1n) is 7.69. The summed E-state index contributed by atoms with van der Waals surface area (Å²) >= 11 is 0. The molecule has 1 N–H and O–H groups in total. The number of nitrogens with one attached hydrogen (secondary N) is 1. The molecule has 1 aliphatic heterocycles. The van der Waals surface area contributed by atoms with Crippen molar-refractivity contribution in [3.63, 3.8) is 0 Å². The zero-order valence-electron chi connectivity index (χ0n) is 12.7. The Balaban J connectivity index is 1.78. The van der Waals surface area contributed by atoms with E-state index >= 15 is 0 Å². The minimum atomic E-state index is 0.391. The van der Waals surface area contributed by atoms with Gasteiger partial charge in [-0.2, -0.15) is 0 Å². The second-order valence-corrected chi connectivity index (χ2v) is 5.88. The highest BCUT2D eigenvalue weighted by atomic mass is 15.2. The van der Waals surface area contributed by atoms with E-state index in [9.17, 15) is 0 Å². The van der Waals surface area contributed by atoms with Crippen molar-refractivity contribution in [3.05, 3.63) is 66.0 Å². The Morgan fingerprint density at radius 1 is 1.19 bits per heavy atom. The van der Waals surface area contributed by atoms with Gasteiger partial charge in [0.15, 0.2) is 0 Å². The maximum atomic E-state index is 4.26. The molecule has 1 saturated heterocycles. The monoisotopic (exact) mass is 281 g/mol. The number of hydrogen-bond donors (Lipinski definition) is 1. The summed E-state index contributed by atoms with van der Waals surface area (Å²) in [4.78, 5) is 6.84. The predicted octanol–water partition coefficient (Wildman–Crippen LogP) is 3.18. The van der Waals surface area contributed by atoms with Crippen LogP contribution < -0.4 is 5.32 Å². The van der Waals surface area contributed by atoms with Crippen LogP contribution in [0.5, 0.6) is 0 Å². The van der Waals surface area contributed by atoms with Gasteiger partial charge in [0.2, 0.25) is 0 Å². The number of benzene rings is 1. The number of hydrogen-bond acceptors (Lipinski definition) is 3. The van der Waals surface area contributed by atoms with Crippen LogP contribution in [-0.2, 0) is 0 Å². The van der Waals surface area contributed by atoms with Crippen molar-refractivity contribution in [2.45, 2.75) is 32.0 Å². The predicted molar refractivity (Wildman–Crippen MR) is 86.0 cm³/mol. The van der Waals surface area contributed by atoms with Gasteiger partial charge in [0.25, 0.3) is 0 Å². The van der Waals surface area contributed by atoms with E-state index in [1.165, 1.54) is 11.1 Å². The van der Waals surface area contributed by atoms with Crippen LogP contribution in [0.1, 0.15) is 37.1 Å². The maximum absolute atomic E-state index is 4.26. The Hall–Kier alpha value is -1.71. The molecule has 110 valence electrons. The lowest BCUT2D eigenvalue weighted by atomic mass is 9.99. The number of piperazine rings is 1. The third kappa shape index (κ3) is 3.14. The molecule has 0 amide bonds. The summed E-state index contributed by atoms with van der Waals surface area (Å²) in [7, 11) is 0. The van der Waals surface area contributed by atoms with E-state index in [1.807, 2.05) is 18.5 Å². The van der Waals surface area contributed by atoms with Crippen LogP contribution in [0.4, 0.5) is 0 Å². The lowest BCUT2D eigenvalue weighted by Gasteiger charge is -2.42.